The molecule has 8 nitrogen and oxygen atoms in total. The highest BCUT2D eigenvalue weighted by molar-refractivity contribution is 5.89. The van der Waals surface area contributed by atoms with Gasteiger partial charge in [-0.3, -0.25) is 4.79 Å². The van der Waals surface area contributed by atoms with Crippen LogP contribution < -0.4 is 5.32 Å². The predicted molar refractivity (Wildman–Crippen MR) is 119 cm³/mol. The Morgan fingerprint density at radius 1 is 1.06 bits per heavy atom. The lowest BCUT2D eigenvalue weighted by Crippen LogP contribution is -2.42. The number of carbonyl (C=O) groups is 3. The number of carboxylic acids is 1. The van der Waals surface area contributed by atoms with Gasteiger partial charge < -0.3 is 25.2 Å². The molecule has 10 heteroatoms. The number of alkyl halides is 2. The van der Waals surface area contributed by atoms with Gasteiger partial charge in [-0.1, -0.05) is 48.5 Å². The zero-order valence-electron chi connectivity index (χ0n) is 18.6. The van der Waals surface area contributed by atoms with Crippen LogP contribution in [0.1, 0.15) is 23.5 Å². The molecule has 0 unspecified atom stereocenters. The number of ether oxygens (including phenoxy) is 1. The van der Waals surface area contributed by atoms with Crippen LogP contribution in [0.5, 0.6) is 0 Å². The molecule has 1 heterocycles. The van der Waals surface area contributed by atoms with Crippen molar-refractivity contribution < 1.29 is 38.1 Å². The smallest absolute Gasteiger partial charge is 0.407 e. The van der Waals surface area contributed by atoms with Gasteiger partial charge in [0.05, 0.1) is 12.0 Å². The molecule has 1 aliphatic heterocycles. The third-order valence-electron chi connectivity index (χ3n) is 7.13. The molecule has 2 aromatic carbocycles. The van der Waals surface area contributed by atoms with Gasteiger partial charge in [0.25, 0.3) is 5.92 Å². The van der Waals surface area contributed by atoms with Crippen molar-refractivity contribution in [3.8, 4) is 11.1 Å². The average Bonchev–Trinajstić information content (AvgIpc) is 3.11. The Morgan fingerprint density at radius 3 is 2.26 bits per heavy atom. The number of aliphatic hydroxyl groups is 1. The molecule has 0 spiro atoms. The first-order valence-electron chi connectivity index (χ1n) is 11.4. The number of likely N-dealkylation sites (tertiary alicyclic amines) is 1. The van der Waals surface area contributed by atoms with Gasteiger partial charge >= 0.3 is 12.1 Å². The van der Waals surface area contributed by atoms with E-state index in [1.807, 2.05) is 48.5 Å². The number of amides is 2. The maximum Gasteiger partial charge on any atom is 0.407 e. The minimum Gasteiger partial charge on any atom is -0.480 e. The number of fused-ring (bicyclic) bond motifs is 3. The Hall–Kier alpha value is -3.53. The van der Waals surface area contributed by atoms with Crippen LogP contribution in [0.2, 0.25) is 0 Å². The van der Waals surface area contributed by atoms with Crippen LogP contribution in [-0.2, 0) is 14.3 Å². The zero-order valence-corrected chi connectivity index (χ0v) is 18.6. The van der Waals surface area contributed by atoms with Crippen LogP contribution >= 0.6 is 0 Å². The molecule has 4 atom stereocenters. The van der Waals surface area contributed by atoms with E-state index < -0.39 is 54.4 Å². The number of rotatable bonds is 6. The quantitative estimate of drug-likeness (QED) is 0.578. The van der Waals surface area contributed by atoms with Crippen molar-refractivity contribution in [3.63, 3.8) is 0 Å². The summed E-state index contributed by atoms with van der Waals surface area (Å²) in [6.07, 6.45) is -2.16. The number of aliphatic hydroxyl groups excluding tert-OH is 1. The van der Waals surface area contributed by atoms with Crippen LogP contribution in [0.3, 0.4) is 0 Å². The second kappa shape index (κ2) is 8.60. The topological polar surface area (TPSA) is 116 Å². The van der Waals surface area contributed by atoms with Crippen LogP contribution in [0.15, 0.2) is 48.5 Å². The lowest BCUT2D eigenvalue weighted by atomic mass is 9.98. The molecule has 1 saturated heterocycles. The van der Waals surface area contributed by atoms with E-state index in [0.29, 0.717) is 0 Å². The van der Waals surface area contributed by atoms with Crippen molar-refractivity contribution in [2.45, 2.75) is 30.4 Å². The minimum atomic E-state index is -3.38. The summed E-state index contributed by atoms with van der Waals surface area (Å²) in [7, 11) is 0. The standard InChI is InChI=1S/C25H24F2N2O6/c26-25(27)19(21(25)22(31)29-11-13(30)9-20(29)23(32)33)10-28-24(34)35-12-18-16-7-3-1-5-14(16)15-6-2-4-8-17(15)18/h1-8,13,18-21,30H,9-12H2,(H,28,34)(H,32,33)/t13-,19-,20-,21-/m0/s1. The number of carbonyl (C=O) groups excluding carboxylic acids is 2. The fourth-order valence-electron chi connectivity index (χ4n) is 5.29. The second-order valence-corrected chi connectivity index (χ2v) is 9.20. The summed E-state index contributed by atoms with van der Waals surface area (Å²) >= 11 is 0. The number of alkyl carbamates (subject to hydrolysis) is 1. The fourth-order valence-corrected chi connectivity index (χ4v) is 5.29. The number of halogens is 2. The molecule has 35 heavy (non-hydrogen) atoms. The van der Waals surface area contributed by atoms with Gasteiger partial charge in [0, 0.05) is 25.4 Å². The van der Waals surface area contributed by atoms with Crippen LogP contribution in [0.4, 0.5) is 13.6 Å². The molecular weight excluding hydrogens is 462 g/mol. The Balaban J connectivity index is 1.18. The van der Waals surface area contributed by atoms with Crippen molar-refractivity contribution in [2.24, 2.45) is 11.8 Å². The lowest BCUT2D eigenvalue weighted by molar-refractivity contribution is -0.149. The zero-order chi connectivity index (χ0) is 24.9. The summed E-state index contributed by atoms with van der Waals surface area (Å²) in [6, 6.07) is 14.2. The highest BCUT2D eigenvalue weighted by Gasteiger charge is 2.73. The summed E-state index contributed by atoms with van der Waals surface area (Å²) in [5.41, 5.74) is 4.15. The summed E-state index contributed by atoms with van der Waals surface area (Å²) in [4.78, 5) is 37.0. The molecule has 184 valence electrons. The number of hydrogen-bond donors (Lipinski definition) is 3. The van der Waals surface area contributed by atoms with Gasteiger partial charge in [-0.25, -0.2) is 18.4 Å². The van der Waals surface area contributed by atoms with Crippen LogP contribution in [0.25, 0.3) is 11.1 Å². The van der Waals surface area contributed by atoms with E-state index in [1.165, 1.54) is 0 Å². The van der Waals surface area contributed by atoms with Crippen molar-refractivity contribution in [1.29, 1.82) is 0 Å². The van der Waals surface area contributed by atoms with E-state index in [4.69, 9.17) is 4.74 Å². The first kappa shape index (κ1) is 23.2. The fraction of sp³-hybridized carbons (Fsp3) is 0.400. The van der Waals surface area contributed by atoms with Crippen LogP contribution in [0, 0.1) is 11.8 Å². The van der Waals surface area contributed by atoms with E-state index in [-0.39, 0.29) is 25.5 Å². The van der Waals surface area contributed by atoms with E-state index in [1.54, 1.807) is 0 Å². The molecule has 0 bridgehead atoms. The third-order valence-corrected chi connectivity index (χ3v) is 7.13. The van der Waals surface area contributed by atoms with Crippen molar-refractivity contribution >= 4 is 18.0 Å². The maximum atomic E-state index is 14.4. The summed E-state index contributed by atoms with van der Waals surface area (Å²) in [5, 5.41) is 21.2. The molecule has 2 fully saturated rings. The Bertz CT molecular complexity index is 1140. The minimum absolute atomic E-state index is 0.0231. The molecule has 2 amide bonds. The molecule has 5 rings (SSSR count). The van der Waals surface area contributed by atoms with Gasteiger partial charge in [-0.15, -0.1) is 0 Å². The first-order chi connectivity index (χ1) is 16.7. The molecule has 2 aliphatic carbocycles. The second-order valence-electron chi connectivity index (χ2n) is 9.20. The molecule has 0 radical (unpaired) electrons. The molecular formula is C25H24F2N2O6. The lowest BCUT2D eigenvalue weighted by Gasteiger charge is -2.21. The van der Waals surface area contributed by atoms with Crippen molar-refractivity contribution in [2.75, 3.05) is 19.7 Å². The number of hydrogen-bond acceptors (Lipinski definition) is 5. The van der Waals surface area contributed by atoms with Gasteiger partial charge in [-0.2, -0.15) is 0 Å². The number of benzene rings is 2. The number of nitrogens with zero attached hydrogens (tertiary/aromatic N) is 1. The maximum absolute atomic E-state index is 14.4. The molecule has 0 aromatic heterocycles. The monoisotopic (exact) mass is 486 g/mol. The Labute approximate surface area is 199 Å². The number of aliphatic carboxylic acids is 1. The van der Waals surface area contributed by atoms with Gasteiger partial charge in [0.15, 0.2) is 0 Å². The van der Waals surface area contributed by atoms with E-state index in [0.717, 1.165) is 27.2 Å². The third kappa shape index (κ3) is 4.01. The van der Waals surface area contributed by atoms with E-state index >= 15 is 0 Å². The predicted octanol–water partition coefficient (Wildman–Crippen LogP) is 2.45. The molecule has 1 saturated carbocycles. The van der Waals surface area contributed by atoms with Gasteiger partial charge in [-0.05, 0) is 22.3 Å². The molecule has 3 N–H and O–H groups in total. The number of β-amino-alcohol motifs (C(OH)–C–C–N with tert-alkyl or cyclic N) is 1. The van der Waals surface area contributed by atoms with E-state index in [2.05, 4.69) is 5.32 Å². The SMILES string of the molecule is O=C(NC[C@H]1[C@@H](C(=O)N2C[C@@H](O)C[C@H]2C(=O)O)C1(F)F)OCC1c2ccccc2-c2ccccc21. The summed E-state index contributed by atoms with van der Waals surface area (Å²) in [6.45, 7) is -0.779. The first-order valence-corrected chi connectivity index (χ1v) is 11.4. The summed E-state index contributed by atoms with van der Waals surface area (Å²) < 4.78 is 34.0. The Kier molecular flexibility index (Phi) is 5.71. The van der Waals surface area contributed by atoms with Gasteiger partial charge in [0.2, 0.25) is 5.91 Å². The summed E-state index contributed by atoms with van der Waals surface area (Å²) in [5.74, 6) is -9.17. The van der Waals surface area contributed by atoms with Gasteiger partial charge in [0.1, 0.15) is 18.6 Å². The number of carboxylic acid groups (broad SMARTS) is 1. The van der Waals surface area contributed by atoms with Crippen LogP contribution in [-0.4, -0.2) is 70.8 Å². The highest BCUT2D eigenvalue weighted by Crippen LogP contribution is 2.56. The normalized spacial score (nSPS) is 26.1. The molecule has 2 aromatic rings. The highest BCUT2D eigenvalue weighted by atomic mass is 19.3. The number of nitrogens with one attached hydrogen (secondary N) is 1. The molecule has 3 aliphatic rings. The Morgan fingerprint density at radius 2 is 1.66 bits per heavy atom. The van der Waals surface area contributed by atoms with E-state index in [9.17, 15) is 33.4 Å². The average molecular weight is 486 g/mol. The largest absolute Gasteiger partial charge is 0.480 e. The van der Waals surface area contributed by atoms with Crippen molar-refractivity contribution in [1.82, 2.24) is 10.2 Å². The van der Waals surface area contributed by atoms with Crippen molar-refractivity contribution in [3.05, 3.63) is 59.7 Å².